The van der Waals surface area contributed by atoms with E-state index in [1.807, 2.05) is 0 Å². The van der Waals surface area contributed by atoms with Crippen LogP contribution in [0.3, 0.4) is 0 Å². The van der Waals surface area contributed by atoms with Crippen molar-refractivity contribution in [1.82, 2.24) is 24.6 Å². The smallest absolute Gasteiger partial charge is 0.417 e. The predicted molar refractivity (Wildman–Crippen MR) is 139 cm³/mol. The van der Waals surface area contributed by atoms with Crippen molar-refractivity contribution in [3.8, 4) is 5.88 Å². The second-order valence-corrected chi connectivity index (χ2v) is 9.91. The molecular formula is C25H29F4N7O5. The summed E-state index contributed by atoms with van der Waals surface area (Å²) in [5.74, 6) is 0.326. The van der Waals surface area contributed by atoms with E-state index in [0.717, 1.165) is 16.5 Å². The Labute approximate surface area is 231 Å². The highest BCUT2D eigenvalue weighted by Gasteiger charge is 2.36. The van der Waals surface area contributed by atoms with Crippen LogP contribution in [0, 0.1) is 0 Å². The van der Waals surface area contributed by atoms with Crippen LogP contribution in [0.1, 0.15) is 12.0 Å². The zero-order valence-electron chi connectivity index (χ0n) is 22.3. The number of anilines is 2. The summed E-state index contributed by atoms with van der Waals surface area (Å²) in [5.41, 5.74) is -1.35. The van der Waals surface area contributed by atoms with E-state index in [-0.39, 0.29) is 25.7 Å². The molecule has 2 aliphatic heterocycles. The summed E-state index contributed by atoms with van der Waals surface area (Å²) >= 11 is 0. The van der Waals surface area contributed by atoms with Gasteiger partial charge in [0.1, 0.15) is 24.6 Å². The molecule has 2 fully saturated rings. The Balaban J connectivity index is 1.23. The average Bonchev–Trinajstić information content (AvgIpc) is 3.36. The van der Waals surface area contributed by atoms with E-state index in [1.54, 1.807) is 17.2 Å². The van der Waals surface area contributed by atoms with Crippen molar-refractivity contribution in [2.45, 2.75) is 30.9 Å². The van der Waals surface area contributed by atoms with E-state index in [0.29, 0.717) is 61.2 Å². The summed E-state index contributed by atoms with van der Waals surface area (Å²) in [4.78, 5) is 32.3. The molecule has 3 aromatic heterocycles. The lowest BCUT2D eigenvalue weighted by atomic mass is 10.0. The Hall–Kier alpha value is -3.92. The summed E-state index contributed by atoms with van der Waals surface area (Å²) in [7, 11) is 2.49. The molecule has 0 aromatic carbocycles. The number of aromatic amines is 1. The van der Waals surface area contributed by atoms with Crippen LogP contribution in [0.15, 0.2) is 29.3 Å². The number of aromatic nitrogens is 4. The molecule has 0 aliphatic carbocycles. The molecule has 0 radical (unpaired) electrons. The molecule has 5 heterocycles. The van der Waals surface area contributed by atoms with Crippen molar-refractivity contribution in [2.75, 3.05) is 56.8 Å². The number of pyridine rings is 2. The van der Waals surface area contributed by atoms with Crippen molar-refractivity contribution in [3.63, 3.8) is 0 Å². The number of ether oxygens (including phenoxy) is 3. The number of piperidine rings is 1. The molecule has 3 atom stereocenters. The van der Waals surface area contributed by atoms with Crippen molar-refractivity contribution in [3.05, 3.63) is 40.4 Å². The largest absolute Gasteiger partial charge is 0.473 e. The topological polar surface area (TPSA) is 127 Å². The molecule has 0 bridgehead atoms. The van der Waals surface area contributed by atoms with Crippen molar-refractivity contribution < 1.29 is 36.6 Å². The number of H-pyrrole nitrogens is 1. The molecule has 2 aliphatic rings. The lowest BCUT2D eigenvalue weighted by Crippen LogP contribution is -2.54. The number of hydrogen-bond acceptors (Lipinski definition) is 8. The molecule has 5 rings (SSSR count). The van der Waals surface area contributed by atoms with Gasteiger partial charge in [0.2, 0.25) is 5.88 Å². The Morgan fingerprint density at radius 2 is 2.12 bits per heavy atom. The van der Waals surface area contributed by atoms with Crippen LogP contribution < -0.4 is 20.5 Å². The number of alkyl halides is 4. The molecule has 16 heteroatoms. The van der Waals surface area contributed by atoms with Gasteiger partial charge in [0, 0.05) is 26.8 Å². The fourth-order valence-corrected chi connectivity index (χ4v) is 4.83. The molecule has 2 amide bonds. The summed E-state index contributed by atoms with van der Waals surface area (Å²) in [6.07, 6.45) is -3.99. The molecule has 222 valence electrons. The van der Waals surface area contributed by atoms with Gasteiger partial charge in [0.05, 0.1) is 55.2 Å². The van der Waals surface area contributed by atoms with Gasteiger partial charge in [-0.2, -0.15) is 13.2 Å². The van der Waals surface area contributed by atoms with Crippen LogP contribution in [-0.2, 0) is 22.7 Å². The highest BCUT2D eigenvalue weighted by molar-refractivity contribution is 5.89. The van der Waals surface area contributed by atoms with E-state index < -0.39 is 41.2 Å². The Kier molecular flexibility index (Phi) is 8.04. The lowest BCUT2D eigenvalue weighted by Gasteiger charge is -2.39. The molecule has 2 N–H and O–H groups in total. The monoisotopic (exact) mass is 583 g/mol. The van der Waals surface area contributed by atoms with Crippen molar-refractivity contribution in [2.24, 2.45) is 7.05 Å². The van der Waals surface area contributed by atoms with Crippen molar-refractivity contribution in [1.29, 1.82) is 0 Å². The maximum absolute atomic E-state index is 15.4. The first-order chi connectivity index (χ1) is 19.5. The average molecular weight is 584 g/mol. The van der Waals surface area contributed by atoms with Gasteiger partial charge in [-0.05, 0) is 18.6 Å². The third-order valence-corrected chi connectivity index (χ3v) is 7.10. The van der Waals surface area contributed by atoms with Gasteiger partial charge < -0.3 is 33.9 Å². The standard InChI is InChI=1S/C25H29F4N7O5/c1-34-10-14(25(27,28)29)7-19(23(34)37)31-24(38)35(2)20-3-4-36(11-18(20)26)15-8-17-21(30-9-15)32-33-22(17)41-13-16-12-39-5-6-40-16/h7-10,16,18,20H,3-6,11-13H2,1-2H3,(H,31,38)(H,30,32,33)/t16-,18+,20-/m1/s1. The molecule has 12 nitrogen and oxygen atoms in total. The van der Waals surface area contributed by atoms with E-state index in [4.69, 9.17) is 14.2 Å². The first-order valence-corrected chi connectivity index (χ1v) is 12.9. The fraction of sp³-hybridized carbons (Fsp3) is 0.520. The first kappa shape index (κ1) is 28.6. The highest BCUT2D eigenvalue weighted by Crippen LogP contribution is 2.31. The number of urea groups is 1. The molecule has 41 heavy (non-hydrogen) atoms. The maximum Gasteiger partial charge on any atom is 0.417 e. The van der Waals surface area contributed by atoms with E-state index in [2.05, 4.69) is 20.5 Å². The van der Waals surface area contributed by atoms with Crippen LogP contribution >= 0.6 is 0 Å². The minimum Gasteiger partial charge on any atom is -0.473 e. The third kappa shape index (κ3) is 6.22. The highest BCUT2D eigenvalue weighted by atomic mass is 19.4. The summed E-state index contributed by atoms with van der Waals surface area (Å²) < 4.78 is 72.4. The van der Waals surface area contributed by atoms with Gasteiger partial charge in [-0.25, -0.2) is 14.2 Å². The third-order valence-electron chi connectivity index (χ3n) is 7.10. The molecule has 3 aromatic rings. The second-order valence-electron chi connectivity index (χ2n) is 9.91. The molecule has 2 saturated heterocycles. The summed E-state index contributed by atoms with van der Waals surface area (Å²) in [5, 5.41) is 9.78. The van der Waals surface area contributed by atoms with Gasteiger partial charge in [-0.1, -0.05) is 0 Å². The SMILES string of the molecule is CN(C(=O)Nc1cc(C(F)(F)F)cn(C)c1=O)[C@@H]1CCN(c2cnc3[nH]nc(OC[C@H]4COCCO4)c3c2)C[C@@H]1F. The first-order valence-electron chi connectivity index (χ1n) is 12.9. The number of halogens is 4. The van der Waals surface area contributed by atoms with Gasteiger partial charge in [-0.3, -0.25) is 9.89 Å². The molecule has 0 spiro atoms. The molecule has 0 saturated carbocycles. The van der Waals surface area contributed by atoms with E-state index in [9.17, 15) is 22.8 Å². The van der Waals surface area contributed by atoms with Gasteiger partial charge >= 0.3 is 12.2 Å². The number of carbonyl (C=O) groups excluding carboxylic acids is 1. The Morgan fingerprint density at radius 1 is 1.32 bits per heavy atom. The van der Waals surface area contributed by atoms with Gasteiger partial charge in [-0.15, -0.1) is 5.10 Å². The fourth-order valence-electron chi connectivity index (χ4n) is 4.83. The van der Waals surface area contributed by atoms with E-state index >= 15 is 4.39 Å². The minimum atomic E-state index is -4.71. The number of aryl methyl sites for hydroxylation is 1. The normalized spacial score (nSPS) is 21.6. The number of amides is 2. The summed E-state index contributed by atoms with van der Waals surface area (Å²) in [6, 6.07) is 0.587. The van der Waals surface area contributed by atoms with Gasteiger partial charge in [0.15, 0.2) is 5.65 Å². The van der Waals surface area contributed by atoms with Crippen LogP contribution in [0.2, 0.25) is 0 Å². The zero-order chi connectivity index (χ0) is 29.3. The lowest BCUT2D eigenvalue weighted by molar-refractivity contribution is -0.138. The predicted octanol–water partition coefficient (Wildman–Crippen LogP) is 2.55. The van der Waals surface area contributed by atoms with Crippen molar-refractivity contribution >= 4 is 28.4 Å². The van der Waals surface area contributed by atoms with E-state index in [1.165, 1.54) is 7.05 Å². The number of rotatable bonds is 6. The molecule has 0 unspecified atom stereocenters. The number of hydrogen-bond donors (Lipinski definition) is 2. The van der Waals surface area contributed by atoms with Crippen LogP contribution in [0.4, 0.5) is 33.7 Å². The molecular weight excluding hydrogens is 554 g/mol. The number of nitrogens with one attached hydrogen (secondary N) is 2. The Bertz CT molecular complexity index is 1460. The van der Waals surface area contributed by atoms with Gasteiger partial charge in [0.25, 0.3) is 5.56 Å². The van der Waals surface area contributed by atoms with Crippen LogP contribution in [0.25, 0.3) is 11.0 Å². The number of carbonyl (C=O) groups is 1. The number of fused-ring (bicyclic) bond motifs is 1. The second kappa shape index (κ2) is 11.5. The van der Waals surface area contributed by atoms with Crippen LogP contribution in [-0.4, -0.2) is 95.6 Å². The maximum atomic E-state index is 15.4. The van der Waals surface area contributed by atoms with Crippen LogP contribution in [0.5, 0.6) is 5.88 Å². The quantitative estimate of drug-likeness (QED) is 0.424. The Morgan fingerprint density at radius 3 is 2.83 bits per heavy atom. The zero-order valence-corrected chi connectivity index (χ0v) is 22.3. The summed E-state index contributed by atoms with van der Waals surface area (Å²) in [6.45, 7) is 1.98. The number of nitrogens with zero attached hydrogens (tertiary/aromatic N) is 5. The minimum absolute atomic E-state index is 0.0674.